The first-order valence-electron chi connectivity index (χ1n) is 8.00. The van der Waals surface area contributed by atoms with Gasteiger partial charge in [0.15, 0.2) is 0 Å². The second-order valence-corrected chi connectivity index (χ2v) is 6.49. The molecule has 0 aromatic carbocycles. The van der Waals surface area contributed by atoms with Gasteiger partial charge in [-0.1, -0.05) is 40.0 Å². The number of nitrogens with one attached hydrogen (secondary N) is 1. The minimum absolute atomic E-state index is 0.116. The first kappa shape index (κ1) is 18.9. The Morgan fingerprint density at radius 1 is 1.11 bits per heavy atom. The quantitative estimate of drug-likeness (QED) is 0.536. The van der Waals surface area contributed by atoms with Crippen LogP contribution in [0.2, 0.25) is 0 Å². The van der Waals surface area contributed by atoms with E-state index in [1.54, 1.807) is 0 Å². The molecule has 0 saturated heterocycles. The predicted molar refractivity (Wildman–Crippen MR) is 84.6 cm³/mol. The number of rotatable bonds is 12. The van der Waals surface area contributed by atoms with Crippen LogP contribution in [0, 0.1) is 0 Å². The summed E-state index contributed by atoms with van der Waals surface area (Å²) in [5.41, 5.74) is -0.116. The van der Waals surface area contributed by atoms with Gasteiger partial charge in [0.05, 0.1) is 6.61 Å². The van der Waals surface area contributed by atoms with Gasteiger partial charge in [-0.05, 0) is 46.3 Å². The van der Waals surface area contributed by atoms with E-state index in [1.807, 2.05) is 0 Å². The highest BCUT2D eigenvalue weighted by Crippen LogP contribution is 2.14. The van der Waals surface area contributed by atoms with Crippen LogP contribution in [0.15, 0.2) is 0 Å². The van der Waals surface area contributed by atoms with E-state index in [0.717, 1.165) is 6.42 Å². The zero-order valence-electron chi connectivity index (χ0n) is 13.8. The summed E-state index contributed by atoms with van der Waals surface area (Å²) in [6, 6.07) is 0.425. The van der Waals surface area contributed by atoms with E-state index < -0.39 is 0 Å². The zero-order chi connectivity index (χ0) is 14.7. The van der Waals surface area contributed by atoms with Crippen molar-refractivity contribution in [3.63, 3.8) is 0 Å². The van der Waals surface area contributed by atoms with Crippen molar-refractivity contribution in [1.29, 1.82) is 0 Å². The summed E-state index contributed by atoms with van der Waals surface area (Å²) < 4.78 is 0. The van der Waals surface area contributed by atoms with Crippen molar-refractivity contribution in [2.45, 2.75) is 77.8 Å². The van der Waals surface area contributed by atoms with E-state index >= 15 is 0 Å². The highest BCUT2D eigenvalue weighted by molar-refractivity contribution is 4.83. The molecule has 0 bridgehead atoms. The summed E-state index contributed by atoms with van der Waals surface area (Å²) in [6.45, 7) is 11.3. The number of aliphatic hydroxyl groups excluding tert-OH is 1. The van der Waals surface area contributed by atoms with Crippen molar-refractivity contribution in [3.05, 3.63) is 0 Å². The monoisotopic (exact) mass is 272 g/mol. The Labute approximate surface area is 120 Å². The zero-order valence-corrected chi connectivity index (χ0v) is 13.8. The van der Waals surface area contributed by atoms with Crippen LogP contribution in [0.25, 0.3) is 0 Å². The van der Waals surface area contributed by atoms with Gasteiger partial charge < -0.3 is 15.3 Å². The molecule has 0 aromatic rings. The lowest BCUT2D eigenvalue weighted by Gasteiger charge is -2.31. The lowest BCUT2D eigenvalue weighted by Crippen LogP contribution is -2.49. The second-order valence-electron chi connectivity index (χ2n) is 6.49. The van der Waals surface area contributed by atoms with Gasteiger partial charge in [0, 0.05) is 11.6 Å². The van der Waals surface area contributed by atoms with Gasteiger partial charge >= 0.3 is 0 Å². The standard InChI is InChI=1S/C16H36N2O/c1-6-7-9-12-18(5)13-10-8-11-16(4,14-19)17-15(2)3/h15,17,19H,6-14H2,1-5H3. The van der Waals surface area contributed by atoms with E-state index in [4.69, 9.17) is 0 Å². The highest BCUT2D eigenvalue weighted by atomic mass is 16.3. The molecule has 0 aliphatic rings. The molecule has 0 spiro atoms. The number of unbranched alkanes of at least 4 members (excludes halogenated alkanes) is 3. The molecule has 0 heterocycles. The van der Waals surface area contributed by atoms with Crippen LogP contribution in [0.1, 0.15) is 66.2 Å². The summed E-state index contributed by atoms with van der Waals surface area (Å²) in [7, 11) is 2.22. The summed E-state index contributed by atoms with van der Waals surface area (Å²) in [6.07, 6.45) is 7.39. The molecule has 0 aliphatic carbocycles. The lowest BCUT2D eigenvalue weighted by molar-refractivity contribution is 0.152. The van der Waals surface area contributed by atoms with Gasteiger partial charge in [0.25, 0.3) is 0 Å². The first-order valence-corrected chi connectivity index (χ1v) is 8.00. The summed E-state index contributed by atoms with van der Waals surface area (Å²) >= 11 is 0. The molecule has 2 N–H and O–H groups in total. The molecular formula is C16H36N2O. The van der Waals surface area contributed by atoms with Crippen LogP contribution < -0.4 is 5.32 Å². The van der Waals surface area contributed by atoms with Gasteiger partial charge in [-0.3, -0.25) is 0 Å². The largest absolute Gasteiger partial charge is 0.394 e. The van der Waals surface area contributed by atoms with E-state index in [2.05, 4.69) is 45.0 Å². The Bertz CT molecular complexity index is 209. The molecule has 3 heteroatoms. The fraction of sp³-hybridized carbons (Fsp3) is 1.00. The highest BCUT2D eigenvalue weighted by Gasteiger charge is 2.22. The molecule has 0 saturated carbocycles. The number of hydrogen-bond donors (Lipinski definition) is 2. The molecule has 0 radical (unpaired) electrons. The third kappa shape index (κ3) is 10.3. The SMILES string of the molecule is CCCCCN(C)CCCCC(C)(CO)NC(C)C. The Kier molecular flexibility index (Phi) is 10.6. The molecule has 0 aliphatic heterocycles. The van der Waals surface area contributed by atoms with Crippen LogP contribution in [0.4, 0.5) is 0 Å². The molecule has 0 amide bonds. The molecular weight excluding hydrogens is 236 g/mol. The summed E-state index contributed by atoms with van der Waals surface area (Å²) in [5.74, 6) is 0. The molecule has 3 nitrogen and oxygen atoms in total. The molecule has 0 aromatic heterocycles. The van der Waals surface area contributed by atoms with Gasteiger partial charge in [-0.15, -0.1) is 0 Å². The van der Waals surface area contributed by atoms with Crippen LogP contribution in [-0.4, -0.2) is 48.3 Å². The fourth-order valence-electron chi connectivity index (χ4n) is 2.53. The van der Waals surface area contributed by atoms with Gasteiger partial charge in [0.2, 0.25) is 0 Å². The summed E-state index contributed by atoms with van der Waals surface area (Å²) in [4.78, 5) is 2.43. The third-order valence-corrected chi connectivity index (χ3v) is 3.65. The van der Waals surface area contributed by atoms with E-state index in [0.29, 0.717) is 6.04 Å². The topological polar surface area (TPSA) is 35.5 Å². The van der Waals surface area contributed by atoms with E-state index in [9.17, 15) is 5.11 Å². The number of aliphatic hydroxyl groups is 1. The maximum atomic E-state index is 9.51. The van der Waals surface area contributed by atoms with Crippen LogP contribution >= 0.6 is 0 Å². The Morgan fingerprint density at radius 2 is 1.68 bits per heavy atom. The van der Waals surface area contributed by atoms with Crippen molar-refractivity contribution < 1.29 is 5.11 Å². The molecule has 1 unspecified atom stereocenters. The number of hydrogen-bond acceptors (Lipinski definition) is 3. The van der Waals surface area contributed by atoms with Crippen molar-refractivity contribution in [1.82, 2.24) is 10.2 Å². The van der Waals surface area contributed by atoms with E-state index in [-0.39, 0.29) is 12.1 Å². The van der Waals surface area contributed by atoms with Gasteiger partial charge in [0.1, 0.15) is 0 Å². The van der Waals surface area contributed by atoms with Crippen LogP contribution in [-0.2, 0) is 0 Å². The smallest absolute Gasteiger partial charge is 0.0610 e. The minimum Gasteiger partial charge on any atom is -0.394 e. The van der Waals surface area contributed by atoms with Crippen molar-refractivity contribution in [2.24, 2.45) is 0 Å². The Hall–Kier alpha value is -0.120. The Morgan fingerprint density at radius 3 is 2.16 bits per heavy atom. The summed E-state index contributed by atoms with van der Waals surface area (Å²) in [5, 5.41) is 13.0. The molecule has 0 fully saturated rings. The average Bonchev–Trinajstić information content (AvgIpc) is 2.34. The predicted octanol–water partition coefficient (Wildman–Crippen LogP) is 3.03. The number of nitrogens with zero attached hydrogens (tertiary/aromatic N) is 1. The Balaban J connectivity index is 3.70. The fourth-order valence-corrected chi connectivity index (χ4v) is 2.53. The normalized spacial score (nSPS) is 15.2. The van der Waals surface area contributed by atoms with Crippen molar-refractivity contribution in [2.75, 3.05) is 26.7 Å². The second kappa shape index (κ2) is 10.6. The average molecular weight is 272 g/mol. The first-order chi connectivity index (χ1) is 8.93. The van der Waals surface area contributed by atoms with Crippen LogP contribution in [0.3, 0.4) is 0 Å². The van der Waals surface area contributed by atoms with Crippen molar-refractivity contribution in [3.8, 4) is 0 Å². The third-order valence-electron chi connectivity index (χ3n) is 3.65. The van der Waals surface area contributed by atoms with Crippen LogP contribution in [0.5, 0.6) is 0 Å². The van der Waals surface area contributed by atoms with Gasteiger partial charge in [-0.25, -0.2) is 0 Å². The van der Waals surface area contributed by atoms with Gasteiger partial charge in [-0.2, -0.15) is 0 Å². The lowest BCUT2D eigenvalue weighted by atomic mass is 9.94. The molecule has 0 rings (SSSR count). The molecule has 116 valence electrons. The maximum absolute atomic E-state index is 9.51. The van der Waals surface area contributed by atoms with Crippen molar-refractivity contribution >= 4 is 0 Å². The molecule has 1 atom stereocenters. The maximum Gasteiger partial charge on any atom is 0.0610 e. The van der Waals surface area contributed by atoms with E-state index in [1.165, 1.54) is 45.2 Å². The minimum atomic E-state index is -0.116. The molecule has 19 heavy (non-hydrogen) atoms.